The molecule has 4 rings (SSSR count). The van der Waals surface area contributed by atoms with E-state index >= 15 is 0 Å². The number of aliphatic hydroxyl groups excluding tert-OH is 2. The number of hydrogen-bond donors (Lipinski definition) is 4. The van der Waals surface area contributed by atoms with Crippen molar-refractivity contribution in [2.24, 2.45) is 5.73 Å². The third kappa shape index (κ3) is 8.23. The van der Waals surface area contributed by atoms with Gasteiger partial charge in [-0.1, -0.05) is 18.2 Å². The molecule has 0 radical (unpaired) electrons. The Morgan fingerprint density at radius 1 is 1.02 bits per heavy atom. The van der Waals surface area contributed by atoms with Crippen LogP contribution in [0.5, 0.6) is 0 Å². The molecule has 2 aromatic rings. The molecule has 2 heterocycles. The average Bonchev–Trinajstić information content (AvgIpc) is 3.17. The van der Waals surface area contributed by atoms with E-state index in [0.717, 1.165) is 43.4 Å². The minimum Gasteiger partial charge on any atom is -0.475 e. The summed E-state index contributed by atoms with van der Waals surface area (Å²) in [6.07, 6.45) is -2.93. The molecule has 2 aliphatic rings. The van der Waals surface area contributed by atoms with Gasteiger partial charge in [-0.3, -0.25) is 14.5 Å². The normalized spacial score (nSPS) is 20.8. The maximum Gasteiger partial charge on any atom is 0.490 e. The number of primary amides is 1. The topological polar surface area (TPSA) is 144 Å². The van der Waals surface area contributed by atoms with Crippen molar-refractivity contribution in [2.45, 2.75) is 62.5 Å². The smallest absolute Gasteiger partial charge is 0.475 e. The minimum absolute atomic E-state index is 0.165. The number of carbonyl (C=O) groups is 3. The maximum atomic E-state index is 14.2. The van der Waals surface area contributed by atoms with Gasteiger partial charge in [0.2, 0.25) is 5.91 Å². The lowest BCUT2D eigenvalue weighted by molar-refractivity contribution is -0.192. The van der Waals surface area contributed by atoms with Crippen LogP contribution in [0.4, 0.5) is 22.0 Å². The first-order valence-electron chi connectivity index (χ1n) is 13.2. The molecule has 2 aliphatic heterocycles. The van der Waals surface area contributed by atoms with E-state index in [9.17, 15) is 41.8 Å². The Kier molecular flexibility index (Phi) is 11.0. The summed E-state index contributed by atoms with van der Waals surface area (Å²) in [6.45, 7) is -0.446. The van der Waals surface area contributed by atoms with Crippen LogP contribution in [0, 0.1) is 11.6 Å². The number of nitrogens with zero attached hydrogens (tertiary/aromatic N) is 2. The van der Waals surface area contributed by atoms with Gasteiger partial charge >= 0.3 is 12.1 Å². The predicted molar refractivity (Wildman–Crippen MR) is 139 cm³/mol. The highest BCUT2D eigenvalue weighted by Crippen LogP contribution is 2.43. The number of alkyl halides is 3. The number of carboxylic acid groups (broad SMARTS) is 1. The highest BCUT2D eigenvalue weighted by Gasteiger charge is 2.41. The van der Waals surface area contributed by atoms with Crippen LogP contribution >= 0.6 is 0 Å². The Morgan fingerprint density at radius 2 is 1.57 bits per heavy atom. The Labute approximate surface area is 238 Å². The fourth-order valence-electron chi connectivity index (χ4n) is 5.52. The first-order valence-corrected chi connectivity index (χ1v) is 13.2. The van der Waals surface area contributed by atoms with E-state index in [4.69, 9.17) is 15.6 Å². The van der Waals surface area contributed by atoms with Crippen LogP contribution in [0.3, 0.4) is 0 Å². The first kappa shape index (κ1) is 32.9. The lowest BCUT2D eigenvalue weighted by Crippen LogP contribution is -2.48. The molecule has 2 saturated heterocycles. The highest BCUT2D eigenvalue weighted by atomic mass is 19.4. The zero-order valence-electron chi connectivity index (χ0n) is 22.4. The van der Waals surface area contributed by atoms with Gasteiger partial charge in [-0.25, -0.2) is 13.6 Å². The number of aliphatic carboxylic acids is 1. The van der Waals surface area contributed by atoms with Crippen LogP contribution in [-0.2, 0) is 16.1 Å². The third-order valence-electron chi connectivity index (χ3n) is 7.58. The SMILES string of the molecule is NC(=O)c1cccc(C2CC3CCC(C2)N3CCN(Cc2c(F)cccc2F)C(=O)[C@H](O)CO)c1.O=C(O)C(F)(F)F. The molecule has 0 spiro atoms. The number of aliphatic hydroxyl groups is 2. The number of nitrogens with two attached hydrogens (primary N) is 1. The number of benzene rings is 2. The average molecular weight is 602 g/mol. The number of rotatable bonds is 9. The quantitative estimate of drug-likeness (QED) is 0.324. The molecular weight excluding hydrogens is 569 g/mol. The van der Waals surface area contributed by atoms with Gasteiger partial charge in [0, 0.05) is 36.3 Å². The molecule has 2 aromatic carbocycles. The number of hydrogen-bond acceptors (Lipinski definition) is 6. The summed E-state index contributed by atoms with van der Waals surface area (Å²) in [5.41, 5.74) is 6.78. The van der Waals surface area contributed by atoms with Gasteiger partial charge in [-0.15, -0.1) is 0 Å². The molecule has 3 atom stereocenters. The van der Waals surface area contributed by atoms with Crippen molar-refractivity contribution in [3.05, 3.63) is 70.8 Å². The van der Waals surface area contributed by atoms with Crippen molar-refractivity contribution < 1.29 is 51.7 Å². The monoisotopic (exact) mass is 601 g/mol. The molecule has 42 heavy (non-hydrogen) atoms. The highest BCUT2D eigenvalue weighted by molar-refractivity contribution is 5.92. The Morgan fingerprint density at radius 3 is 2.07 bits per heavy atom. The fourth-order valence-corrected chi connectivity index (χ4v) is 5.52. The molecule has 2 fully saturated rings. The van der Waals surface area contributed by atoms with Crippen molar-refractivity contribution in [3.63, 3.8) is 0 Å². The molecule has 9 nitrogen and oxygen atoms in total. The molecule has 0 aromatic heterocycles. The second kappa shape index (κ2) is 14.0. The van der Waals surface area contributed by atoms with E-state index in [2.05, 4.69) is 4.90 Å². The van der Waals surface area contributed by atoms with Gasteiger partial charge in [0.15, 0.2) is 6.10 Å². The Bertz CT molecular complexity index is 1240. The largest absolute Gasteiger partial charge is 0.490 e. The van der Waals surface area contributed by atoms with Crippen molar-refractivity contribution in [1.82, 2.24) is 9.80 Å². The number of piperidine rings is 1. The van der Waals surface area contributed by atoms with Crippen LogP contribution in [0.25, 0.3) is 0 Å². The van der Waals surface area contributed by atoms with E-state index in [1.807, 2.05) is 18.2 Å². The van der Waals surface area contributed by atoms with Crippen molar-refractivity contribution in [2.75, 3.05) is 19.7 Å². The summed E-state index contributed by atoms with van der Waals surface area (Å²) in [7, 11) is 0. The summed E-state index contributed by atoms with van der Waals surface area (Å²) in [6, 6.07) is 11.5. The van der Waals surface area contributed by atoms with Crippen LogP contribution in [0.15, 0.2) is 42.5 Å². The van der Waals surface area contributed by atoms with Crippen LogP contribution in [-0.4, -0.2) is 87.0 Å². The number of fused-ring (bicyclic) bond motifs is 2. The fraction of sp³-hybridized carbons (Fsp3) is 0.464. The summed E-state index contributed by atoms with van der Waals surface area (Å²) in [5.74, 6) is -5.20. The molecular formula is C28H32F5N3O6. The second-order valence-corrected chi connectivity index (χ2v) is 10.2. The number of carboxylic acids is 1. The Balaban J connectivity index is 0.000000616. The lowest BCUT2D eigenvalue weighted by Gasteiger charge is -2.40. The summed E-state index contributed by atoms with van der Waals surface area (Å²) in [4.78, 5) is 36.7. The van der Waals surface area contributed by atoms with Gasteiger partial charge in [0.25, 0.3) is 5.91 Å². The van der Waals surface area contributed by atoms with Crippen LogP contribution in [0.2, 0.25) is 0 Å². The molecule has 0 saturated carbocycles. The van der Waals surface area contributed by atoms with Gasteiger partial charge in [0.05, 0.1) is 13.2 Å². The van der Waals surface area contributed by atoms with Gasteiger partial charge < -0.3 is 26.0 Å². The summed E-state index contributed by atoms with van der Waals surface area (Å²) < 4.78 is 60.2. The van der Waals surface area contributed by atoms with Gasteiger partial charge in [0.1, 0.15) is 11.6 Å². The minimum atomic E-state index is -5.08. The van der Waals surface area contributed by atoms with E-state index in [0.29, 0.717) is 18.0 Å². The van der Waals surface area contributed by atoms with Crippen molar-refractivity contribution in [3.8, 4) is 0 Å². The number of carbonyl (C=O) groups excluding carboxylic acids is 2. The van der Waals surface area contributed by atoms with Crippen molar-refractivity contribution in [1.29, 1.82) is 0 Å². The van der Waals surface area contributed by atoms with Crippen molar-refractivity contribution >= 4 is 17.8 Å². The van der Waals surface area contributed by atoms with Gasteiger partial charge in [-0.2, -0.15) is 13.2 Å². The van der Waals surface area contributed by atoms with E-state index in [1.54, 1.807) is 6.07 Å². The summed E-state index contributed by atoms with van der Waals surface area (Å²) >= 11 is 0. The maximum absolute atomic E-state index is 14.2. The number of amides is 2. The van der Waals surface area contributed by atoms with E-state index < -0.39 is 48.3 Å². The van der Waals surface area contributed by atoms with E-state index in [-0.39, 0.29) is 30.7 Å². The Hall–Kier alpha value is -3.62. The zero-order chi connectivity index (χ0) is 31.2. The third-order valence-corrected chi connectivity index (χ3v) is 7.58. The summed E-state index contributed by atoms with van der Waals surface area (Å²) in [5, 5.41) is 26.3. The molecule has 14 heteroatoms. The van der Waals surface area contributed by atoms with Crippen LogP contribution < -0.4 is 5.73 Å². The second-order valence-electron chi connectivity index (χ2n) is 10.2. The van der Waals surface area contributed by atoms with E-state index in [1.165, 1.54) is 11.0 Å². The van der Waals surface area contributed by atoms with Crippen LogP contribution in [0.1, 0.15) is 53.1 Å². The molecule has 2 amide bonds. The molecule has 230 valence electrons. The predicted octanol–water partition coefficient (Wildman–Crippen LogP) is 2.79. The van der Waals surface area contributed by atoms with Gasteiger partial charge in [-0.05, 0) is 61.4 Å². The molecule has 5 N–H and O–H groups in total. The molecule has 2 unspecified atom stereocenters. The first-order chi connectivity index (χ1) is 19.7. The standard InChI is InChI=1S/C26H31F2N3O4.C2HF3O2/c27-22-5-2-6-23(28)21(22)14-30(26(35)24(33)15-32)9-10-31-19-7-8-20(31)13-18(12-19)16-3-1-4-17(11-16)25(29)34;3-2(4,5)1(6)7/h1-6,11,18-20,24,32-33H,7-10,12-15H2,(H2,29,34);(H,6,7)/t18?,19?,20?,24-;/m1./s1. The molecule has 0 aliphatic carbocycles. The zero-order valence-corrected chi connectivity index (χ0v) is 22.4. The molecule has 2 bridgehead atoms. The number of halogens is 5. The lowest BCUT2D eigenvalue weighted by atomic mass is 9.84.